The van der Waals surface area contributed by atoms with E-state index in [-0.39, 0.29) is 17.2 Å². The Morgan fingerprint density at radius 2 is 1.92 bits per heavy atom. The van der Waals surface area contributed by atoms with Gasteiger partial charge in [-0.05, 0) is 56.9 Å². The van der Waals surface area contributed by atoms with Crippen molar-refractivity contribution >= 4 is 77.1 Å². The third-order valence-electron chi connectivity index (χ3n) is 5.88. The maximum Gasteiger partial charge on any atom is 0.341 e. The van der Waals surface area contributed by atoms with E-state index in [0.717, 1.165) is 33.5 Å². The molecule has 2 heterocycles. The highest BCUT2D eigenvalue weighted by molar-refractivity contribution is 7.92. The minimum atomic E-state index is -4.15. The van der Waals surface area contributed by atoms with Crippen LogP contribution in [0, 0.1) is 0 Å². The van der Waals surface area contributed by atoms with Gasteiger partial charge in [-0.2, -0.15) is 4.99 Å². The largest absolute Gasteiger partial charge is 0.462 e. The zero-order valence-electron chi connectivity index (χ0n) is 21.5. The highest BCUT2D eigenvalue weighted by Gasteiger charge is 2.29. The van der Waals surface area contributed by atoms with Crippen molar-refractivity contribution in [1.29, 1.82) is 0 Å². The molecular weight excluding hydrogens is 586 g/mol. The fourth-order valence-corrected chi connectivity index (χ4v) is 7.96. The Balaban J connectivity index is 1.49. The van der Waals surface area contributed by atoms with E-state index < -0.39 is 39.1 Å². The normalized spacial score (nSPS) is 13.6. The molecule has 0 unspecified atom stereocenters. The van der Waals surface area contributed by atoms with Crippen LogP contribution in [0.3, 0.4) is 0 Å². The van der Waals surface area contributed by atoms with Gasteiger partial charge in [0.1, 0.15) is 16.5 Å². The molecule has 1 aliphatic rings. The number of aryl methyl sites for hydroxylation is 1. The summed E-state index contributed by atoms with van der Waals surface area (Å²) in [5.41, 5.74) is 1.92. The lowest BCUT2D eigenvalue weighted by Gasteiger charge is -2.08. The lowest BCUT2D eigenvalue weighted by molar-refractivity contribution is -0.115. The maximum absolute atomic E-state index is 12.7. The number of nitrogens with one attached hydrogen (secondary N) is 1. The van der Waals surface area contributed by atoms with Crippen molar-refractivity contribution in [3.05, 3.63) is 44.0 Å². The SMILES string of the molecule is CCOCCn1c(=NC(=O)CS(=O)(=O)CC(=O)Nc2sc3c(c2C(=O)OCC)CCC3)sc2cc(Cl)ccc21. The Kier molecular flexibility index (Phi) is 9.60. The van der Waals surface area contributed by atoms with E-state index in [9.17, 15) is 22.8 Å². The Hall–Kier alpha value is -2.58. The summed E-state index contributed by atoms with van der Waals surface area (Å²) in [7, 11) is -4.15. The number of benzene rings is 1. The predicted molar refractivity (Wildman–Crippen MR) is 151 cm³/mol. The zero-order chi connectivity index (χ0) is 28.2. The van der Waals surface area contributed by atoms with Crippen LogP contribution in [0.1, 0.15) is 41.1 Å². The average molecular weight is 614 g/mol. The Morgan fingerprint density at radius 1 is 1.13 bits per heavy atom. The summed E-state index contributed by atoms with van der Waals surface area (Å²) in [4.78, 5) is 43.2. The van der Waals surface area contributed by atoms with E-state index in [0.29, 0.717) is 36.0 Å². The van der Waals surface area contributed by atoms with Gasteiger partial charge in [0.15, 0.2) is 14.6 Å². The van der Waals surface area contributed by atoms with Gasteiger partial charge in [0.25, 0.3) is 5.91 Å². The van der Waals surface area contributed by atoms with Crippen LogP contribution in [0.5, 0.6) is 0 Å². The first-order valence-electron chi connectivity index (χ1n) is 12.4. The molecule has 0 fully saturated rings. The number of esters is 1. The Morgan fingerprint density at radius 3 is 2.67 bits per heavy atom. The van der Waals surface area contributed by atoms with Crippen molar-refractivity contribution < 1.29 is 32.3 Å². The van der Waals surface area contributed by atoms with Crippen LogP contribution in [0.2, 0.25) is 5.02 Å². The summed E-state index contributed by atoms with van der Waals surface area (Å²) in [6.45, 7) is 5.04. The van der Waals surface area contributed by atoms with Crippen LogP contribution < -0.4 is 10.1 Å². The number of thiophene rings is 1. The molecule has 0 radical (unpaired) electrons. The number of sulfone groups is 1. The van der Waals surface area contributed by atoms with Crippen molar-refractivity contribution in [2.24, 2.45) is 4.99 Å². The topological polar surface area (TPSA) is 133 Å². The maximum atomic E-state index is 12.7. The molecule has 0 spiro atoms. The number of fused-ring (bicyclic) bond motifs is 2. The molecule has 14 heteroatoms. The van der Waals surface area contributed by atoms with E-state index in [1.165, 1.54) is 22.7 Å². The van der Waals surface area contributed by atoms with Crippen LogP contribution in [0.15, 0.2) is 23.2 Å². The van der Waals surface area contributed by atoms with Crippen molar-refractivity contribution in [2.75, 3.05) is 36.6 Å². The highest BCUT2D eigenvalue weighted by atomic mass is 35.5. The molecule has 2 aromatic heterocycles. The second kappa shape index (κ2) is 12.7. The third-order valence-corrected chi connectivity index (χ3v) is 9.75. The number of ether oxygens (including phenoxy) is 2. The quantitative estimate of drug-likeness (QED) is 0.258. The molecule has 0 saturated carbocycles. The van der Waals surface area contributed by atoms with Gasteiger partial charge in [0.2, 0.25) is 5.91 Å². The van der Waals surface area contributed by atoms with Crippen LogP contribution in [0.4, 0.5) is 5.00 Å². The summed E-state index contributed by atoms with van der Waals surface area (Å²) < 4.78 is 38.6. The predicted octanol–water partition coefficient (Wildman–Crippen LogP) is 3.60. The van der Waals surface area contributed by atoms with Gasteiger partial charge in [-0.1, -0.05) is 22.9 Å². The number of amides is 2. The molecule has 0 atom stereocenters. The number of carbonyl (C=O) groups is 3. The fourth-order valence-electron chi connectivity index (χ4n) is 4.30. The summed E-state index contributed by atoms with van der Waals surface area (Å²) in [5, 5.41) is 3.34. The molecule has 1 aromatic carbocycles. The summed E-state index contributed by atoms with van der Waals surface area (Å²) >= 11 is 8.56. The third kappa shape index (κ3) is 7.14. The zero-order valence-corrected chi connectivity index (χ0v) is 24.7. The number of carbonyl (C=O) groups excluding carboxylic acids is 3. The second-order valence-electron chi connectivity index (χ2n) is 8.71. The monoisotopic (exact) mass is 613 g/mol. The van der Waals surface area contributed by atoms with Crippen LogP contribution in [-0.2, 0) is 48.3 Å². The number of halogens is 1. The molecule has 0 saturated heterocycles. The smallest absolute Gasteiger partial charge is 0.341 e. The van der Waals surface area contributed by atoms with Gasteiger partial charge in [0.05, 0.1) is 29.0 Å². The molecule has 1 N–H and O–H groups in total. The summed E-state index contributed by atoms with van der Waals surface area (Å²) in [6.07, 6.45) is 2.38. The number of aromatic nitrogens is 1. The first-order valence-corrected chi connectivity index (χ1v) is 16.2. The average Bonchev–Trinajstić information content (AvgIpc) is 3.51. The Labute approximate surface area is 238 Å². The van der Waals surface area contributed by atoms with E-state index >= 15 is 0 Å². The lowest BCUT2D eigenvalue weighted by atomic mass is 10.1. The standard InChI is InChI=1S/C25H28ClN3O7S3/c1-3-35-11-10-29-17-9-8-15(26)12-19(17)38-25(29)28-21(31)14-39(33,34)13-20(30)27-23-22(24(32)36-4-2)16-6-5-7-18(16)37-23/h8-9,12H,3-7,10-11,13-14H2,1-2H3,(H,27,30). The van der Waals surface area contributed by atoms with Crippen molar-refractivity contribution in [1.82, 2.24) is 4.57 Å². The molecule has 2 amide bonds. The molecule has 0 bridgehead atoms. The van der Waals surface area contributed by atoms with Gasteiger partial charge >= 0.3 is 5.97 Å². The number of nitrogens with zero attached hydrogens (tertiary/aromatic N) is 2. The fraction of sp³-hybridized carbons (Fsp3) is 0.440. The van der Waals surface area contributed by atoms with E-state index in [1.54, 1.807) is 29.7 Å². The van der Waals surface area contributed by atoms with Gasteiger partial charge in [-0.15, -0.1) is 11.3 Å². The number of anilines is 1. The molecule has 0 aliphatic heterocycles. The lowest BCUT2D eigenvalue weighted by Crippen LogP contribution is -2.28. The first-order chi connectivity index (χ1) is 18.6. The van der Waals surface area contributed by atoms with Gasteiger partial charge in [-0.25, -0.2) is 13.2 Å². The highest BCUT2D eigenvalue weighted by Crippen LogP contribution is 2.39. The van der Waals surface area contributed by atoms with E-state index in [1.807, 2.05) is 6.92 Å². The minimum absolute atomic E-state index is 0.176. The molecule has 4 rings (SSSR count). The number of thiazole rings is 1. The Bertz CT molecular complexity index is 1590. The van der Waals surface area contributed by atoms with Crippen molar-refractivity contribution in [3.63, 3.8) is 0 Å². The van der Waals surface area contributed by atoms with Gasteiger partial charge in [-0.3, -0.25) is 9.59 Å². The van der Waals surface area contributed by atoms with Crippen molar-refractivity contribution in [3.8, 4) is 0 Å². The molecule has 10 nitrogen and oxygen atoms in total. The number of hydrogen-bond donors (Lipinski definition) is 1. The molecule has 3 aromatic rings. The molecular formula is C25H28ClN3O7S3. The van der Waals surface area contributed by atoms with E-state index in [4.69, 9.17) is 21.1 Å². The van der Waals surface area contributed by atoms with Gasteiger partial charge in [0, 0.05) is 23.1 Å². The van der Waals surface area contributed by atoms with Crippen LogP contribution in [-0.4, -0.2) is 62.1 Å². The van der Waals surface area contributed by atoms with Crippen LogP contribution >= 0.6 is 34.3 Å². The second-order valence-corrected chi connectivity index (χ2v) is 13.3. The summed E-state index contributed by atoms with van der Waals surface area (Å²) in [5.74, 6) is -4.14. The number of hydrogen-bond acceptors (Lipinski definition) is 9. The molecule has 210 valence electrons. The van der Waals surface area contributed by atoms with E-state index in [2.05, 4.69) is 10.3 Å². The van der Waals surface area contributed by atoms with Crippen molar-refractivity contribution in [2.45, 2.75) is 39.7 Å². The summed E-state index contributed by atoms with van der Waals surface area (Å²) in [6, 6.07) is 5.27. The first kappa shape index (κ1) is 29.4. The molecule has 1 aliphatic carbocycles. The molecule has 39 heavy (non-hydrogen) atoms. The number of rotatable bonds is 11. The minimum Gasteiger partial charge on any atom is -0.462 e. The van der Waals surface area contributed by atoms with Crippen LogP contribution in [0.25, 0.3) is 10.2 Å². The van der Waals surface area contributed by atoms with Gasteiger partial charge < -0.3 is 19.4 Å².